The Hall–Kier alpha value is -6.03. The molecule has 0 atom stereocenters. The van der Waals surface area contributed by atoms with Gasteiger partial charge in [0, 0.05) is 55.1 Å². The van der Waals surface area contributed by atoms with Gasteiger partial charge in [0.25, 0.3) is 6.33 Å². The third-order valence-electron chi connectivity index (χ3n) is 14.5. The predicted octanol–water partition coefficient (Wildman–Crippen LogP) is 16.3. The van der Waals surface area contributed by atoms with Crippen molar-refractivity contribution in [1.82, 2.24) is 14.1 Å². The molecule has 6 heteroatoms. The quantitative estimate of drug-likeness (QED) is 0.107. The fourth-order valence-electron chi connectivity index (χ4n) is 10.1. The summed E-state index contributed by atoms with van der Waals surface area (Å²) in [7, 11) is 0. The Morgan fingerprint density at radius 1 is 0.472 bits per heavy atom. The first-order valence-corrected chi connectivity index (χ1v) is 25.3. The maximum absolute atomic E-state index is 6.83. The van der Waals surface area contributed by atoms with Crippen LogP contribution < -0.4 is 9.30 Å². The van der Waals surface area contributed by atoms with Crippen molar-refractivity contribution in [3.8, 4) is 28.7 Å². The van der Waals surface area contributed by atoms with Crippen LogP contribution in [0.4, 0.5) is 0 Å². The van der Waals surface area contributed by atoms with E-state index < -0.39 is 0 Å². The van der Waals surface area contributed by atoms with Crippen LogP contribution in [0.3, 0.4) is 0 Å². The summed E-state index contributed by atoms with van der Waals surface area (Å²) in [6.45, 7) is 36.7. The van der Waals surface area contributed by atoms with Crippen LogP contribution >= 0.6 is 0 Å². The van der Waals surface area contributed by atoms with Crippen molar-refractivity contribution >= 4 is 21.8 Å². The van der Waals surface area contributed by atoms with Gasteiger partial charge in [-0.25, -0.2) is 4.98 Å². The molecule has 374 valence electrons. The zero-order valence-corrected chi connectivity index (χ0v) is 47.6. The van der Waals surface area contributed by atoms with Crippen LogP contribution in [0, 0.1) is 18.5 Å². The number of fused-ring (bicyclic) bond motifs is 3. The van der Waals surface area contributed by atoms with Gasteiger partial charge in [-0.3, -0.25) is 4.57 Å². The molecule has 9 rings (SSSR count). The number of hydrogen-bond donors (Lipinski definition) is 0. The second kappa shape index (κ2) is 18.8. The molecule has 0 unspecified atom stereocenters. The van der Waals surface area contributed by atoms with E-state index in [1.165, 1.54) is 44.8 Å². The summed E-state index contributed by atoms with van der Waals surface area (Å²) in [5.74, 6) is 2.03. The summed E-state index contributed by atoms with van der Waals surface area (Å²) in [4.78, 5) is 4.98. The summed E-state index contributed by atoms with van der Waals surface area (Å²) in [6, 6.07) is 57.7. The maximum atomic E-state index is 6.83. The number of pyridine rings is 1. The van der Waals surface area contributed by atoms with E-state index in [-0.39, 0.29) is 53.6 Å². The fourth-order valence-corrected chi connectivity index (χ4v) is 10.1. The van der Waals surface area contributed by atoms with E-state index in [0.29, 0.717) is 11.5 Å². The van der Waals surface area contributed by atoms with E-state index >= 15 is 0 Å². The number of benzene rings is 6. The Morgan fingerprint density at radius 3 is 1.67 bits per heavy atom. The van der Waals surface area contributed by atoms with Crippen LogP contribution in [0.15, 0.2) is 146 Å². The molecular formula is C66H72N4OPt-2. The van der Waals surface area contributed by atoms with Crippen molar-refractivity contribution in [2.75, 3.05) is 0 Å². The SMILES string of the molecule is CC(C)(C)c1cc(-[n+]2[c-]n(-c3[c-]c(Oc4[c-]c5c(cc4)c4cc(C(C)(C)c6ccccc6)ccc4n5-c4cc(C(C)(C)C)ccn4)ccc3)c(C(C)(C)C)c2C(C)(C)C)cc(C(C)(C)c2ccccc2)c1.[Pt]. The van der Waals surface area contributed by atoms with E-state index in [0.717, 1.165) is 39.0 Å². The predicted molar refractivity (Wildman–Crippen MR) is 294 cm³/mol. The Kier molecular flexibility index (Phi) is 13.6. The van der Waals surface area contributed by atoms with Crippen molar-refractivity contribution in [3.05, 3.63) is 209 Å². The van der Waals surface area contributed by atoms with Gasteiger partial charge in [0.1, 0.15) is 5.82 Å². The molecule has 0 amide bonds. The minimum atomic E-state index is -0.260. The molecule has 0 saturated heterocycles. The largest absolute Gasteiger partial charge is 0.510 e. The Balaban J connectivity index is 0.00000693. The minimum Gasteiger partial charge on any atom is -0.510 e. The van der Waals surface area contributed by atoms with Crippen LogP contribution in [-0.2, 0) is 53.6 Å². The molecule has 0 aliphatic rings. The molecule has 0 radical (unpaired) electrons. The summed E-state index contributed by atoms with van der Waals surface area (Å²) in [5.41, 5.74) is 12.7. The molecule has 0 fully saturated rings. The van der Waals surface area contributed by atoms with Crippen LogP contribution in [0.1, 0.15) is 156 Å². The molecule has 0 aliphatic heterocycles. The molecule has 0 bridgehead atoms. The van der Waals surface area contributed by atoms with Crippen molar-refractivity contribution in [1.29, 1.82) is 0 Å². The Bertz CT molecular complexity index is 3420. The molecule has 0 N–H and O–H groups in total. The smallest absolute Gasteiger partial charge is 0.267 e. The van der Waals surface area contributed by atoms with Crippen molar-refractivity contribution < 1.29 is 30.4 Å². The van der Waals surface area contributed by atoms with Crippen LogP contribution in [-0.4, -0.2) is 14.1 Å². The van der Waals surface area contributed by atoms with Gasteiger partial charge in [-0.2, -0.15) is 18.2 Å². The average Bonchev–Trinajstić information content (AvgIpc) is 3.90. The Morgan fingerprint density at radius 2 is 1.07 bits per heavy atom. The summed E-state index contributed by atoms with van der Waals surface area (Å²) in [5, 5.41) is 2.23. The van der Waals surface area contributed by atoms with Gasteiger partial charge in [-0.1, -0.05) is 195 Å². The van der Waals surface area contributed by atoms with Crippen molar-refractivity contribution in [2.24, 2.45) is 0 Å². The van der Waals surface area contributed by atoms with Gasteiger partial charge in [0.15, 0.2) is 0 Å². The number of aromatic nitrogens is 4. The van der Waals surface area contributed by atoms with Crippen molar-refractivity contribution in [2.45, 2.75) is 143 Å². The second-order valence-corrected chi connectivity index (χ2v) is 24.8. The molecule has 3 aromatic heterocycles. The molecule has 9 aromatic rings. The van der Waals surface area contributed by atoms with E-state index in [2.05, 4.69) is 270 Å². The van der Waals surface area contributed by atoms with Crippen LogP contribution in [0.5, 0.6) is 11.5 Å². The topological polar surface area (TPSA) is 35.9 Å². The maximum Gasteiger partial charge on any atom is 0.267 e. The number of ether oxygens (including phenoxy) is 1. The van der Waals surface area contributed by atoms with Crippen LogP contribution in [0.25, 0.3) is 39.0 Å². The third-order valence-corrected chi connectivity index (χ3v) is 14.5. The molecule has 6 aromatic carbocycles. The summed E-state index contributed by atoms with van der Waals surface area (Å²) < 4.78 is 13.6. The zero-order valence-electron chi connectivity index (χ0n) is 45.4. The zero-order chi connectivity index (χ0) is 51.1. The average molecular weight is 1130 g/mol. The standard InChI is InChI=1S/C66H72N4O.Pt/c1-61(2,3)46-34-35-67-58(40-46)70-56-33-30-47(65(13,14)44-24-19-17-20-25-44)39-55(56)54-32-31-53(42-57(54)70)71-52-29-23-28-50(41-52)68-43-69(60(64(10,11)12)59(68)63(7,8)9)51-37-48(62(4,5)6)36-49(38-51)66(15,16)45-26-21-18-22-27-45;/h17-40H,1-16H3;/q-2;. The van der Waals surface area contributed by atoms with Gasteiger partial charge in [-0.05, 0) is 96.4 Å². The van der Waals surface area contributed by atoms with Gasteiger partial charge in [0.2, 0.25) is 0 Å². The minimum absolute atomic E-state index is 0. The summed E-state index contributed by atoms with van der Waals surface area (Å²) >= 11 is 0. The van der Waals surface area contributed by atoms with Gasteiger partial charge >= 0.3 is 0 Å². The third kappa shape index (κ3) is 9.91. The van der Waals surface area contributed by atoms with Crippen LogP contribution in [0.2, 0.25) is 0 Å². The Labute approximate surface area is 444 Å². The first-order chi connectivity index (χ1) is 33.2. The van der Waals surface area contributed by atoms with Gasteiger partial charge in [-0.15, -0.1) is 29.7 Å². The van der Waals surface area contributed by atoms with Crippen molar-refractivity contribution in [3.63, 3.8) is 0 Å². The molecule has 0 aliphatic carbocycles. The van der Waals surface area contributed by atoms with E-state index in [9.17, 15) is 0 Å². The first-order valence-electron chi connectivity index (χ1n) is 25.3. The molecule has 5 nitrogen and oxygen atoms in total. The van der Waals surface area contributed by atoms with E-state index in [4.69, 9.17) is 9.72 Å². The molecule has 3 heterocycles. The molecule has 0 spiro atoms. The van der Waals surface area contributed by atoms with Gasteiger partial charge in [0.05, 0.1) is 17.1 Å². The molecular weight excluding hydrogens is 1060 g/mol. The number of imidazole rings is 1. The first kappa shape index (κ1) is 52.3. The number of nitrogens with zero attached hydrogens (tertiary/aromatic N) is 4. The molecule has 72 heavy (non-hydrogen) atoms. The normalized spacial score (nSPS) is 12.9. The van der Waals surface area contributed by atoms with E-state index in [1.807, 2.05) is 18.3 Å². The molecule has 0 saturated carbocycles. The summed E-state index contributed by atoms with van der Waals surface area (Å²) in [6.07, 6.45) is 5.84. The van der Waals surface area contributed by atoms with Gasteiger partial charge < -0.3 is 13.9 Å². The second-order valence-electron chi connectivity index (χ2n) is 24.8. The number of hydrogen-bond acceptors (Lipinski definition) is 2. The monoisotopic (exact) mass is 1130 g/mol. The number of rotatable bonds is 9. The van der Waals surface area contributed by atoms with E-state index in [1.54, 1.807) is 0 Å². The fraction of sp³-hybridized carbons (Fsp3) is 0.333.